The maximum absolute atomic E-state index is 12.4. The van der Waals surface area contributed by atoms with E-state index in [1.165, 1.54) is 30.6 Å². The Labute approximate surface area is 129 Å². The Balaban J connectivity index is 1.66. The first-order valence-electron chi connectivity index (χ1n) is 7.55. The van der Waals surface area contributed by atoms with Crippen molar-refractivity contribution in [3.8, 4) is 0 Å². The molecular weight excluding hydrogens is 286 g/mol. The minimum atomic E-state index is -0.0841. The van der Waals surface area contributed by atoms with Crippen LogP contribution in [0.15, 0.2) is 0 Å². The number of nitrogen functional groups attached to an aromatic ring is 1. The highest BCUT2D eigenvalue weighted by Gasteiger charge is 2.36. The number of piperidine rings is 2. The number of nitrogens with one attached hydrogen (secondary N) is 2. The Bertz CT molecular complexity index is 517. The van der Waals surface area contributed by atoms with Gasteiger partial charge in [0.25, 0.3) is 5.91 Å². The van der Waals surface area contributed by atoms with Gasteiger partial charge in [-0.1, -0.05) is 17.8 Å². The first-order chi connectivity index (χ1) is 10.1. The van der Waals surface area contributed by atoms with Gasteiger partial charge in [0.1, 0.15) is 10.7 Å². The molecule has 21 heavy (non-hydrogen) atoms. The number of thiazole rings is 1. The third-order valence-corrected chi connectivity index (χ3v) is 5.84. The highest BCUT2D eigenvalue weighted by Crippen LogP contribution is 2.33. The van der Waals surface area contributed by atoms with E-state index in [1.54, 1.807) is 7.05 Å². The summed E-state index contributed by atoms with van der Waals surface area (Å²) in [6.07, 6.45) is 5.87. The summed E-state index contributed by atoms with van der Waals surface area (Å²) in [4.78, 5) is 19.5. The fourth-order valence-corrected chi connectivity index (χ4v) is 4.33. The highest BCUT2D eigenvalue weighted by atomic mass is 32.1. The molecule has 6 nitrogen and oxygen atoms in total. The minimum absolute atomic E-state index is 0.0841. The largest absolute Gasteiger partial charge is 0.382 e. The molecule has 0 saturated carbocycles. The van der Waals surface area contributed by atoms with Gasteiger partial charge in [-0.05, 0) is 32.7 Å². The molecule has 2 bridgehead atoms. The average Bonchev–Trinajstić information content (AvgIpc) is 2.81. The molecule has 0 aromatic carbocycles. The summed E-state index contributed by atoms with van der Waals surface area (Å²) >= 11 is 1.31. The number of fused-ring (bicyclic) bond motifs is 2. The van der Waals surface area contributed by atoms with Crippen LogP contribution in [0.4, 0.5) is 10.9 Å². The predicted molar refractivity (Wildman–Crippen MR) is 85.8 cm³/mol. The van der Waals surface area contributed by atoms with Crippen LogP contribution in [0.25, 0.3) is 0 Å². The van der Waals surface area contributed by atoms with Crippen molar-refractivity contribution in [2.75, 3.05) is 25.1 Å². The second kappa shape index (κ2) is 5.81. The lowest BCUT2D eigenvalue weighted by atomic mass is 9.82. The van der Waals surface area contributed by atoms with Crippen LogP contribution in [0.5, 0.6) is 0 Å². The van der Waals surface area contributed by atoms with Crippen molar-refractivity contribution in [3.63, 3.8) is 0 Å². The van der Waals surface area contributed by atoms with Gasteiger partial charge in [0, 0.05) is 25.2 Å². The molecule has 2 unspecified atom stereocenters. The van der Waals surface area contributed by atoms with Crippen LogP contribution >= 0.6 is 11.3 Å². The Kier molecular flexibility index (Phi) is 4.03. The Morgan fingerprint density at radius 3 is 2.62 bits per heavy atom. The SMILES string of the molecule is CNc1nc(N)c(C(=O)NC2CC3CCCC(C2)N3C)s1. The highest BCUT2D eigenvalue weighted by molar-refractivity contribution is 7.18. The van der Waals surface area contributed by atoms with Crippen molar-refractivity contribution in [1.82, 2.24) is 15.2 Å². The summed E-state index contributed by atoms with van der Waals surface area (Å²) in [5, 5.41) is 6.76. The topological polar surface area (TPSA) is 83.3 Å². The van der Waals surface area contributed by atoms with E-state index < -0.39 is 0 Å². The molecule has 0 radical (unpaired) electrons. The van der Waals surface area contributed by atoms with Crippen molar-refractivity contribution in [3.05, 3.63) is 4.88 Å². The number of carbonyl (C=O) groups excluding carboxylic acids is 1. The number of aromatic nitrogens is 1. The second-order valence-electron chi connectivity index (χ2n) is 6.03. The van der Waals surface area contributed by atoms with E-state index in [-0.39, 0.29) is 11.9 Å². The van der Waals surface area contributed by atoms with E-state index in [2.05, 4.69) is 27.6 Å². The van der Waals surface area contributed by atoms with Crippen LogP contribution in [0.1, 0.15) is 41.8 Å². The van der Waals surface area contributed by atoms with Gasteiger partial charge in [0.15, 0.2) is 5.13 Å². The summed E-state index contributed by atoms with van der Waals surface area (Å²) in [5.74, 6) is 0.231. The van der Waals surface area contributed by atoms with E-state index in [0.29, 0.717) is 27.9 Å². The Hall–Kier alpha value is -1.34. The molecule has 1 aromatic rings. The molecule has 3 rings (SSSR count). The van der Waals surface area contributed by atoms with E-state index in [1.807, 2.05) is 0 Å². The smallest absolute Gasteiger partial charge is 0.265 e. The summed E-state index contributed by atoms with van der Waals surface area (Å²) < 4.78 is 0. The van der Waals surface area contributed by atoms with Gasteiger partial charge in [-0.25, -0.2) is 4.98 Å². The predicted octanol–water partition coefficient (Wildman–Crippen LogP) is 1.51. The van der Waals surface area contributed by atoms with Gasteiger partial charge in [0.2, 0.25) is 0 Å². The van der Waals surface area contributed by atoms with Gasteiger partial charge in [-0.15, -0.1) is 0 Å². The lowest BCUT2D eigenvalue weighted by Crippen LogP contribution is -2.55. The number of carbonyl (C=O) groups is 1. The number of amides is 1. The number of hydrogen-bond acceptors (Lipinski definition) is 6. The summed E-state index contributed by atoms with van der Waals surface area (Å²) in [5.41, 5.74) is 5.83. The monoisotopic (exact) mass is 309 g/mol. The summed E-state index contributed by atoms with van der Waals surface area (Å²) in [6, 6.07) is 1.47. The molecule has 7 heteroatoms. The molecule has 116 valence electrons. The molecule has 2 saturated heterocycles. The van der Waals surface area contributed by atoms with Crippen LogP contribution in [0, 0.1) is 0 Å². The first kappa shape index (κ1) is 14.6. The molecule has 2 atom stereocenters. The second-order valence-corrected chi connectivity index (χ2v) is 7.03. The van der Waals surface area contributed by atoms with E-state index in [0.717, 1.165) is 12.8 Å². The van der Waals surface area contributed by atoms with Gasteiger partial charge < -0.3 is 21.3 Å². The number of rotatable bonds is 3. The van der Waals surface area contributed by atoms with Crippen molar-refractivity contribution in [2.24, 2.45) is 0 Å². The molecule has 0 aliphatic carbocycles. The molecule has 2 aliphatic rings. The average molecular weight is 309 g/mol. The fourth-order valence-electron chi connectivity index (χ4n) is 3.59. The van der Waals surface area contributed by atoms with Crippen molar-refractivity contribution < 1.29 is 4.79 Å². The minimum Gasteiger partial charge on any atom is -0.382 e. The number of nitrogens with two attached hydrogens (primary N) is 1. The van der Waals surface area contributed by atoms with Crippen LogP contribution in [-0.4, -0.2) is 48.0 Å². The van der Waals surface area contributed by atoms with Crippen molar-refractivity contribution in [1.29, 1.82) is 0 Å². The van der Waals surface area contributed by atoms with Crippen molar-refractivity contribution >= 4 is 28.2 Å². The lowest BCUT2D eigenvalue weighted by molar-refractivity contribution is 0.0464. The molecule has 0 spiro atoms. The summed E-state index contributed by atoms with van der Waals surface area (Å²) in [7, 11) is 3.99. The fraction of sp³-hybridized carbons (Fsp3) is 0.714. The Morgan fingerprint density at radius 1 is 1.38 bits per heavy atom. The molecule has 1 aromatic heterocycles. The first-order valence-corrected chi connectivity index (χ1v) is 8.37. The zero-order chi connectivity index (χ0) is 15.0. The van der Waals surface area contributed by atoms with Crippen LogP contribution in [-0.2, 0) is 0 Å². The molecule has 3 heterocycles. The zero-order valence-electron chi connectivity index (χ0n) is 12.6. The lowest BCUT2D eigenvalue weighted by Gasteiger charge is -2.47. The molecule has 2 fully saturated rings. The number of anilines is 2. The maximum atomic E-state index is 12.4. The van der Waals surface area contributed by atoms with Crippen LogP contribution in [0.3, 0.4) is 0 Å². The number of hydrogen-bond donors (Lipinski definition) is 3. The van der Waals surface area contributed by atoms with Gasteiger partial charge in [-0.2, -0.15) is 0 Å². The van der Waals surface area contributed by atoms with Gasteiger partial charge in [-0.3, -0.25) is 4.79 Å². The molecule has 2 aliphatic heterocycles. The summed E-state index contributed by atoms with van der Waals surface area (Å²) in [6.45, 7) is 0. The standard InChI is InChI=1S/C14H23N5OS/c1-16-14-18-12(15)11(21-14)13(20)17-8-6-9-4-3-5-10(7-8)19(9)2/h8-10H,3-7,15H2,1-2H3,(H,16,18)(H,17,20). The zero-order valence-corrected chi connectivity index (χ0v) is 13.4. The third-order valence-electron chi connectivity index (χ3n) is 4.75. The van der Waals surface area contributed by atoms with E-state index in [4.69, 9.17) is 5.73 Å². The quantitative estimate of drug-likeness (QED) is 0.788. The van der Waals surface area contributed by atoms with E-state index in [9.17, 15) is 4.79 Å². The molecule has 1 amide bonds. The molecule has 4 N–H and O–H groups in total. The van der Waals surface area contributed by atoms with Gasteiger partial charge >= 0.3 is 0 Å². The maximum Gasteiger partial charge on any atom is 0.265 e. The number of nitrogens with zero attached hydrogens (tertiary/aromatic N) is 2. The Morgan fingerprint density at radius 2 is 2.05 bits per heavy atom. The van der Waals surface area contributed by atoms with Crippen LogP contribution < -0.4 is 16.4 Å². The van der Waals surface area contributed by atoms with Crippen LogP contribution in [0.2, 0.25) is 0 Å². The normalized spacial score (nSPS) is 29.1. The third kappa shape index (κ3) is 2.85. The van der Waals surface area contributed by atoms with Gasteiger partial charge in [0.05, 0.1) is 0 Å². The van der Waals surface area contributed by atoms with Crippen molar-refractivity contribution in [2.45, 2.75) is 50.2 Å². The van der Waals surface area contributed by atoms with E-state index >= 15 is 0 Å². The molecular formula is C14H23N5OS.